The summed E-state index contributed by atoms with van der Waals surface area (Å²) in [6, 6.07) is 9.66. The first-order valence-corrected chi connectivity index (χ1v) is 8.48. The second-order valence-electron chi connectivity index (χ2n) is 4.64. The van der Waals surface area contributed by atoms with Gasteiger partial charge in [-0.05, 0) is 24.4 Å². The minimum Gasteiger partial charge on any atom is -0.339 e. The van der Waals surface area contributed by atoms with Crippen molar-refractivity contribution in [3.63, 3.8) is 0 Å². The number of sulfone groups is 1. The van der Waals surface area contributed by atoms with Gasteiger partial charge in [-0.15, -0.1) is 5.10 Å². The second-order valence-corrected chi connectivity index (χ2v) is 7.33. The molecule has 0 bridgehead atoms. The molecule has 20 heavy (non-hydrogen) atoms. The van der Waals surface area contributed by atoms with Crippen molar-refractivity contribution < 1.29 is 8.42 Å². The van der Waals surface area contributed by atoms with E-state index in [2.05, 4.69) is 10.2 Å². The highest BCUT2D eigenvalue weighted by molar-refractivity contribution is 7.91. The van der Waals surface area contributed by atoms with Crippen molar-refractivity contribution in [2.45, 2.75) is 0 Å². The Balaban J connectivity index is 1.98. The number of aromatic amines is 1. The molecule has 3 rings (SSSR count). The number of aromatic nitrogens is 3. The van der Waals surface area contributed by atoms with Crippen molar-refractivity contribution in [2.24, 2.45) is 0 Å². The zero-order valence-electron chi connectivity index (χ0n) is 10.7. The molecule has 0 radical (unpaired) electrons. The summed E-state index contributed by atoms with van der Waals surface area (Å²) in [5.74, 6) is 0.971. The van der Waals surface area contributed by atoms with Crippen molar-refractivity contribution in [3.05, 3.63) is 35.1 Å². The molecule has 106 valence electrons. The summed E-state index contributed by atoms with van der Waals surface area (Å²) in [6.07, 6.45) is 0. The first kappa shape index (κ1) is 13.3. The van der Waals surface area contributed by atoms with Gasteiger partial charge in [0.25, 0.3) is 0 Å². The van der Waals surface area contributed by atoms with Crippen molar-refractivity contribution in [1.82, 2.24) is 14.8 Å². The molecule has 6 nitrogen and oxygen atoms in total. The molecule has 1 aliphatic heterocycles. The van der Waals surface area contributed by atoms with Gasteiger partial charge in [0.2, 0.25) is 10.7 Å². The molecule has 1 aromatic carbocycles. The molecule has 1 saturated heterocycles. The Morgan fingerprint density at radius 3 is 2.45 bits per heavy atom. The van der Waals surface area contributed by atoms with Gasteiger partial charge in [0.05, 0.1) is 17.2 Å². The van der Waals surface area contributed by atoms with Crippen LogP contribution in [0.25, 0.3) is 5.69 Å². The highest BCUT2D eigenvalue weighted by Gasteiger charge is 2.25. The van der Waals surface area contributed by atoms with E-state index in [0.29, 0.717) is 23.8 Å². The standard InChI is InChI=1S/C12H14N4O2S2/c17-20(18)8-6-15(7-9-20)11-13-14-12(19)16(11)10-4-2-1-3-5-10/h1-5H,6-9H2,(H,14,19). The van der Waals surface area contributed by atoms with Gasteiger partial charge in [0, 0.05) is 13.1 Å². The van der Waals surface area contributed by atoms with Crippen LogP contribution in [0.5, 0.6) is 0 Å². The van der Waals surface area contributed by atoms with E-state index in [0.717, 1.165) is 5.69 Å². The Bertz CT molecular complexity index is 750. The topological polar surface area (TPSA) is 71.0 Å². The number of para-hydroxylation sites is 1. The molecule has 1 aliphatic rings. The molecule has 0 unspecified atom stereocenters. The van der Waals surface area contributed by atoms with E-state index in [4.69, 9.17) is 12.2 Å². The maximum absolute atomic E-state index is 11.5. The normalized spacial score (nSPS) is 18.1. The third kappa shape index (κ3) is 2.48. The van der Waals surface area contributed by atoms with Gasteiger partial charge in [-0.2, -0.15) is 0 Å². The number of hydrogen-bond acceptors (Lipinski definition) is 5. The number of rotatable bonds is 2. The van der Waals surface area contributed by atoms with E-state index in [1.165, 1.54) is 0 Å². The van der Waals surface area contributed by atoms with Crippen LogP contribution < -0.4 is 4.90 Å². The third-order valence-electron chi connectivity index (χ3n) is 3.30. The molecule has 1 aromatic heterocycles. The van der Waals surface area contributed by atoms with E-state index in [9.17, 15) is 8.42 Å². The van der Waals surface area contributed by atoms with Gasteiger partial charge in [-0.25, -0.2) is 13.5 Å². The largest absolute Gasteiger partial charge is 0.339 e. The van der Waals surface area contributed by atoms with Gasteiger partial charge in [-0.3, -0.25) is 4.57 Å². The van der Waals surface area contributed by atoms with Gasteiger partial charge >= 0.3 is 0 Å². The van der Waals surface area contributed by atoms with Gasteiger partial charge in [0.15, 0.2) is 9.84 Å². The molecule has 1 fully saturated rings. The number of benzene rings is 1. The lowest BCUT2D eigenvalue weighted by molar-refractivity contribution is 0.585. The molecule has 0 saturated carbocycles. The molecule has 0 amide bonds. The van der Waals surface area contributed by atoms with Crippen LogP contribution in [0.4, 0.5) is 5.95 Å². The highest BCUT2D eigenvalue weighted by atomic mass is 32.2. The minimum absolute atomic E-state index is 0.154. The summed E-state index contributed by atoms with van der Waals surface area (Å²) in [5.41, 5.74) is 0.912. The summed E-state index contributed by atoms with van der Waals surface area (Å²) in [6.45, 7) is 0.879. The number of hydrogen-bond donors (Lipinski definition) is 1. The van der Waals surface area contributed by atoms with Crippen LogP contribution in [0.3, 0.4) is 0 Å². The smallest absolute Gasteiger partial charge is 0.230 e. The Labute approximate surface area is 122 Å². The van der Waals surface area contributed by atoms with E-state index in [-0.39, 0.29) is 11.5 Å². The predicted octanol–water partition coefficient (Wildman–Crippen LogP) is 1.16. The molecular formula is C12H14N4O2S2. The van der Waals surface area contributed by atoms with Gasteiger partial charge in [-0.1, -0.05) is 18.2 Å². The fourth-order valence-electron chi connectivity index (χ4n) is 2.22. The zero-order valence-corrected chi connectivity index (χ0v) is 12.3. The van der Waals surface area contributed by atoms with Crippen LogP contribution in [0.2, 0.25) is 0 Å². The fourth-order valence-corrected chi connectivity index (χ4v) is 3.66. The van der Waals surface area contributed by atoms with Crippen LogP contribution in [-0.2, 0) is 9.84 Å². The Morgan fingerprint density at radius 1 is 1.15 bits per heavy atom. The van der Waals surface area contributed by atoms with Gasteiger partial charge < -0.3 is 4.90 Å². The van der Waals surface area contributed by atoms with Crippen molar-refractivity contribution in [3.8, 4) is 5.69 Å². The van der Waals surface area contributed by atoms with Crippen molar-refractivity contribution in [2.75, 3.05) is 29.5 Å². The van der Waals surface area contributed by atoms with Crippen LogP contribution in [0.1, 0.15) is 0 Å². The minimum atomic E-state index is -2.91. The average Bonchev–Trinajstić information content (AvgIpc) is 2.82. The summed E-state index contributed by atoms with van der Waals surface area (Å²) in [4.78, 5) is 1.94. The SMILES string of the molecule is O=S1(=O)CCN(c2n[nH]c(=S)n2-c2ccccc2)CC1. The van der Waals surface area contributed by atoms with Crippen LogP contribution >= 0.6 is 12.2 Å². The van der Waals surface area contributed by atoms with Crippen molar-refractivity contribution in [1.29, 1.82) is 0 Å². The van der Waals surface area contributed by atoms with E-state index >= 15 is 0 Å². The third-order valence-corrected chi connectivity index (χ3v) is 5.18. The fraction of sp³-hybridized carbons (Fsp3) is 0.333. The van der Waals surface area contributed by atoms with Gasteiger partial charge in [0.1, 0.15) is 0 Å². The second kappa shape index (κ2) is 5.02. The Hall–Kier alpha value is -1.67. The lowest BCUT2D eigenvalue weighted by Crippen LogP contribution is -2.41. The Morgan fingerprint density at radius 2 is 1.80 bits per heavy atom. The monoisotopic (exact) mass is 310 g/mol. The molecule has 8 heteroatoms. The molecular weight excluding hydrogens is 296 g/mol. The molecule has 1 N–H and O–H groups in total. The first-order chi connectivity index (χ1) is 9.57. The van der Waals surface area contributed by atoms with Crippen molar-refractivity contribution >= 4 is 28.0 Å². The molecule has 0 spiro atoms. The summed E-state index contributed by atoms with van der Waals surface area (Å²) in [5, 5.41) is 7.02. The summed E-state index contributed by atoms with van der Waals surface area (Å²) < 4.78 is 25.3. The first-order valence-electron chi connectivity index (χ1n) is 6.25. The average molecular weight is 310 g/mol. The lowest BCUT2D eigenvalue weighted by Gasteiger charge is -2.27. The molecule has 2 heterocycles. The van der Waals surface area contributed by atoms with Crippen LogP contribution in [0.15, 0.2) is 30.3 Å². The maximum Gasteiger partial charge on any atom is 0.230 e. The molecule has 0 aliphatic carbocycles. The highest BCUT2D eigenvalue weighted by Crippen LogP contribution is 2.19. The van der Waals surface area contributed by atoms with Crippen LogP contribution in [-0.4, -0.2) is 47.8 Å². The Kier molecular flexibility index (Phi) is 3.35. The number of H-pyrrole nitrogens is 1. The van der Waals surface area contributed by atoms with E-state index in [1.807, 2.05) is 39.8 Å². The summed E-state index contributed by atoms with van der Waals surface area (Å²) >= 11 is 5.27. The van der Waals surface area contributed by atoms with E-state index in [1.54, 1.807) is 0 Å². The quantitative estimate of drug-likeness (QED) is 0.843. The predicted molar refractivity (Wildman–Crippen MR) is 79.6 cm³/mol. The molecule has 2 aromatic rings. The van der Waals surface area contributed by atoms with E-state index < -0.39 is 9.84 Å². The zero-order chi connectivity index (χ0) is 14.2. The maximum atomic E-state index is 11.5. The van der Waals surface area contributed by atoms with Crippen LogP contribution in [0, 0.1) is 4.77 Å². The molecule has 0 atom stereocenters. The number of nitrogens with one attached hydrogen (secondary N) is 1. The number of nitrogens with zero attached hydrogens (tertiary/aromatic N) is 3. The summed E-state index contributed by atoms with van der Waals surface area (Å²) in [7, 11) is -2.91. The lowest BCUT2D eigenvalue weighted by atomic mass is 10.3. The number of anilines is 1.